The van der Waals surface area contributed by atoms with Crippen molar-refractivity contribution in [3.63, 3.8) is 0 Å². The van der Waals surface area contributed by atoms with Crippen LogP contribution >= 0.6 is 0 Å². The number of pyridine rings is 1. The van der Waals surface area contributed by atoms with Crippen molar-refractivity contribution in [1.82, 2.24) is 10.3 Å². The molecule has 1 rings (SSSR count). The van der Waals surface area contributed by atoms with Gasteiger partial charge < -0.3 is 10.1 Å². The molecule has 1 aromatic rings. The number of nitrogens with one attached hydrogen (secondary N) is 1. The van der Waals surface area contributed by atoms with Crippen molar-refractivity contribution >= 4 is 0 Å². The van der Waals surface area contributed by atoms with E-state index in [0.717, 1.165) is 5.69 Å². The zero-order valence-corrected chi connectivity index (χ0v) is 8.84. The highest BCUT2D eigenvalue weighted by molar-refractivity contribution is 5.19. The van der Waals surface area contributed by atoms with Gasteiger partial charge in [-0.2, -0.15) is 13.2 Å². The first-order valence-corrected chi connectivity index (χ1v) is 4.80. The second-order valence-electron chi connectivity index (χ2n) is 3.23. The maximum Gasteiger partial charge on any atom is 0.392 e. The molecule has 3 nitrogen and oxygen atoms in total. The van der Waals surface area contributed by atoms with E-state index < -0.39 is 12.6 Å². The zero-order chi connectivity index (χ0) is 12.0. The van der Waals surface area contributed by atoms with Crippen LogP contribution in [0.3, 0.4) is 0 Å². The van der Waals surface area contributed by atoms with E-state index in [9.17, 15) is 13.2 Å². The summed E-state index contributed by atoms with van der Waals surface area (Å²) in [4.78, 5) is 4.01. The van der Waals surface area contributed by atoms with Crippen LogP contribution in [0, 0.1) is 0 Å². The fraction of sp³-hybridized carbons (Fsp3) is 0.500. The first kappa shape index (κ1) is 12.8. The van der Waals surface area contributed by atoms with Crippen molar-refractivity contribution in [3.05, 3.63) is 24.0 Å². The summed E-state index contributed by atoms with van der Waals surface area (Å²) in [6.07, 6.45) is -3.71. The molecule has 0 atom stereocenters. The van der Waals surface area contributed by atoms with Crippen LogP contribution in [0.2, 0.25) is 0 Å². The van der Waals surface area contributed by atoms with E-state index in [4.69, 9.17) is 4.74 Å². The third kappa shape index (κ3) is 4.97. The Morgan fingerprint density at radius 1 is 1.38 bits per heavy atom. The van der Waals surface area contributed by atoms with Gasteiger partial charge in [0.25, 0.3) is 0 Å². The number of halogens is 3. The molecule has 1 N–H and O–H groups in total. The van der Waals surface area contributed by atoms with Gasteiger partial charge in [0.15, 0.2) is 0 Å². The number of alkyl halides is 3. The Labute approximate surface area is 91.6 Å². The minimum absolute atomic E-state index is 0.351. The molecule has 1 aromatic heterocycles. The maximum absolute atomic E-state index is 11.8. The lowest BCUT2D eigenvalue weighted by Crippen LogP contribution is -2.13. The number of nitrogens with zero attached hydrogens (tertiary/aromatic N) is 1. The molecule has 0 saturated carbocycles. The Bertz CT molecular complexity index is 311. The number of hydrogen-bond acceptors (Lipinski definition) is 3. The SMILES string of the molecule is CNCc1ccc(OCCC(F)(F)F)cn1. The lowest BCUT2D eigenvalue weighted by molar-refractivity contribution is -0.139. The third-order valence-corrected chi connectivity index (χ3v) is 1.81. The molecule has 0 fully saturated rings. The summed E-state index contributed by atoms with van der Waals surface area (Å²) in [7, 11) is 1.79. The van der Waals surface area contributed by atoms with Crippen molar-refractivity contribution in [2.45, 2.75) is 19.1 Å². The summed E-state index contributed by atoms with van der Waals surface area (Å²) in [6, 6.07) is 3.31. The molecule has 0 aromatic carbocycles. The maximum atomic E-state index is 11.8. The molecule has 0 aliphatic rings. The molecule has 90 valence electrons. The van der Waals surface area contributed by atoms with Crippen LogP contribution < -0.4 is 10.1 Å². The average Bonchev–Trinajstić information content (AvgIpc) is 2.19. The van der Waals surface area contributed by atoms with Crippen molar-refractivity contribution < 1.29 is 17.9 Å². The van der Waals surface area contributed by atoms with Gasteiger partial charge in [0, 0.05) is 6.54 Å². The van der Waals surface area contributed by atoms with Gasteiger partial charge in [-0.1, -0.05) is 0 Å². The highest BCUT2D eigenvalue weighted by Crippen LogP contribution is 2.20. The molecule has 0 amide bonds. The fourth-order valence-corrected chi connectivity index (χ4v) is 1.07. The van der Waals surface area contributed by atoms with Crippen molar-refractivity contribution in [1.29, 1.82) is 0 Å². The summed E-state index contributed by atoms with van der Waals surface area (Å²) in [5.41, 5.74) is 0.811. The summed E-state index contributed by atoms with van der Waals surface area (Å²) >= 11 is 0. The highest BCUT2D eigenvalue weighted by Gasteiger charge is 2.26. The molecule has 0 bridgehead atoms. The molecule has 0 aliphatic carbocycles. The Balaban J connectivity index is 2.37. The Morgan fingerprint density at radius 3 is 2.62 bits per heavy atom. The van der Waals surface area contributed by atoms with E-state index in [0.29, 0.717) is 12.3 Å². The molecule has 6 heteroatoms. The van der Waals surface area contributed by atoms with Gasteiger partial charge in [-0.15, -0.1) is 0 Å². The van der Waals surface area contributed by atoms with E-state index in [-0.39, 0.29) is 6.61 Å². The van der Waals surface area contributed by atoms with E-state index in [2.05, 4.69) is 10.3 Å². The summed E-state index contributed by atoms with van der Waals surface area (Å²) in [6.45, 7) is 0.236. The second-order valence-corrected chi connectivity index (χ2v) is 3.23. The van der Waals surface area contributed by atoms with Crippen LogP contribution in [0.4, 0.5) is 13.2 Å². The average molecular weight is 234 g/mol. The number of hydrogen-bond donors (Lipinski definition) is 1. The van der Waals surface area contributed by atoms with Crippen molar-refractivity contribution in [2.24, 2.45) is 0 Å². The lowest BCUT2D eigenvalue weighted by atomic mass is 10.3. The largest absolute Gasteiger partial charge is 0.492 e. The van der Waals surface area contributed by atoms with Gasteiger partial charge in [0.05, 0.1) is 24.9 Å². The van der Waals surface area contributed by atoms with E-state index >= 15 is 0 Å². The predicted molar refractivity (Wildman–Crippen MR) is 53.2 cm³/mol. The Hall–Kier alpha value is -1.30. The minimum atomic E-state index is -4.18. The standard InChI is InChI=1S/C10H13F3N2O/c1-14-6-8-2-3-9(7-15-8)16-5-4-10(11,12)13/h2-3,7,14H,4-6H2,1H3. The van der Waals surface area contributed by atoms with Gasteiger partial charge in [-0.25, -0.2) is 0 Å². The zero-order valence-electron chi connectivity index (χ0n) is 8.84. The first-order chi connectivity index (χ1) is 7.51. The molecule has 0 spiro atoms. The van der Waals surface area contributed by atoms with E-state index in [1.165, 1.54) is 6.20 Å². The van der Waals surface area contributed by atoms with Crippen molar-refractivity contribution in [3.8, 4) is 5.75 Å². The van der Waals surface area contributed by atoms with Crippen LogP contribution in [-0.2, 0) is 6.54 Å². The van der Waals surface area contributed by atoms with Gasteiger partial charge in [-0.05, 0) is 19.2 Å². The molecule has 0 radical (unpaired) electrons. The second kappa shape index (κ2) is 5.69. The first-order valence-electron chi connectivity index (χ1n) is 4.80. The Morgan fingerprint density at radius 2 is 2.12 bits per heavy atom. The van der Waals surface area contributed by atoms with E-state index in [1.807, 2.05) is 0 Å². The molecule has 1 heterocycles. The molecular weight excluding hydrogens is 221 g/mol. The van der Waals surface area contributed by atoms with Crippen molar-refractivity contribution in [2.75, 3.05) is 13.7 Å². The van der Waals surface area contributed by atoms with Gasteiger partial charge in [0.1, 0.15) is 5.75 Å². The van der Waals surface area contributed by atoms with E-state index in [1.54, 1.807) is 19.2 Å². The summed E-state index contributed by atoms with van der Waals surface area (Å²) in [5, 5.41) is 2.91. The van der Waals surface area contributed by atoms with Crippen LogP contribution in [-0.4, -0.2) is 24.8 Å². The monoisotopic (exact) mass is 234 g/mol. The highest BCUT2D eigenvalue weighted by atomic mass is 19.4. The van der Waals surface area contributed by atoms with Crippen LogP contribution in [0.25, 0.3) is 0 Å². The molecule has 0 aliphatic heterocycles. The normalized spacial score (nSPS) is 11.5. The summed E-state index contributed by atoms with van der Waals surface area (Å²) in [5.74, 6) is 0.351. The van der Waals surface area contributed by atoms with Crippen LogP contribution in [0.1, 0.15) is 12.1 Å². The molecule has 16 heavy (non-hydrogen) atoms. The third-order valence-electron chi connectivity index (χ3n) is 1.81. The van der Waals surface area contributed by atoms with Gasteiger partial charge >= 0.3 is 6.18 Å². The molecular formula is C10H13F3N2O. The van der Waals surface area contributed by atoms with Gasteiger partial charge in [0.2, 0.25) is 0 Å². The molecule has 0 unspecified atom stereocenters. The lowest BCUT2D eigenvalue weighted by Gasteiger charge is -2.08. The fourth-order valence-electron chi connectivity index (χ4n) is 1.07. The topological polar surface area (TPSA) is 34.1 Å². The summed E-state index contributed by atoms with van der Waals surface area (Å²) < 4.78 is 40.4. The number of ether oxygens (including phenoxy) is 1. The number of rotatable bonds is 5. The minimum Gasteiger partial charge on any atom is -0.492 e. The quantitative estimate of drug-likeness (QED) is 0.847. The smallest absolute Gasteiger partial charge is 0.392 e. The molecule has 0 saturated heterocycles. The Kier molecular flexibility index (Phi) is 4.54. The van der Waals surface area contributed by atoms with Crippen LogP contribution in [0.15, 0.2) is 18.3 Å². The predicted octanol–water partition coefficient (Wildman–Crippen LogP) is 2.13. The number of aromatic nitrogens is 1. The van der Waals surface area contributed by atoms with Gasteiger partial charge in [-0.3, -0.25) is 4.98 Å². The van der Waals surface area contributed by atoms with Crippen LogP contribution in [0.5, 0.6) is 5.75 Å².